The molecular weight excluding hydrogens is 535 g/mol. The normalized spacial score (nSPS) is 17.4. The van der Waals surface area contributed by atoms with E-state index in [9.17, 15) is 21.6 Å². The summed E-state index contributed by atoms with van der Waals surface area (Å²) in [6.45, 7) is 5.42. The Balaban J connectivity index is 1.69. The largest absolute Gasteiger partial charge is 0.493 e. The van der Waals surface area contributed by atoms with Gasteiger partial charge in [-0.25, -0.2) is 18.4 Å². The molecule has 212 valence electrons. The van der Waals surface area contributed by atoms with Crippen molar-refractivity contribution in [2.24, 2.45) is 0 Å². The first kappa shape index (κ1) is 28.7. The Bertz CT molecular complexity index is 1500. The highest BCUT2D eigenvalue weighted by Crippen LogP contribution is 2.39. The molecule has 0 amide bonds. The van der Waals surface area contributed by atoms with Crippen LogP contribution in [0, 0.1) is 13.8 Å². The zero-order valence-electron chi connectivity index (χ0n) is 22.4. The number of nitrogens with zero attached hydrogens (tertiary/aromatic N) is 3. The molecule has 2 atom stereocenters. The van der Waals surface area contributed by atoms with Crippen molar-refractivity contribution in [3.8, 4) is 11.5 Å². The molecular formula is C26H32F3N5O4S. The van der Waals surface area contributed by atoms with Crippen LogP contribution >= 0.6 is 0 Å². The van der Waals surface area contributed by atoms with Gasteiger partial charge >= 0.3 is 6.18 Å². The Kier molecular flexibility index (Phi) is 7.86. The van der Waals surface area contributed by atoms with E-state index in [1.54, 1.807) is 26.0 Å². The predicted molar refractivity (Wildman–Crippen MR) is 144 cm³/mol. The molecule has 0 saturated carbocycles. The Hall–Kier alpha value is -3.32. The molecule has 1 aromatic heterocycles. The number of alkyl halides is 3. The maximum Gasteiger partial charge on any atom is 0.416 e. The second kappa shape index (κ2) is 10.7. The molecule has 9 nitrogen and oxygen atoms in total. The van der Waals surface area contributed by atoms with Crippen LogP contribution in [0.15, 0.2) is 24.3 Å². The van der Waals surface area contributed by atoms with Crippen molar-refractivity contribution in [3.05, 3.63) is 46.8 Å². The second-order valence-electron chi connectivity index (χ2n) is 9.77. The van der Waals surface area contributed by atoms with Crippen LogP contribution in [0.3, 0.4) is 0 Å². The summed E-state index contributed by atoms with van der Waals surface area (Å²) in [5, 5.41) is 3.78. The zero-order valence-corrected chi connectivity index (χ0v) is 23.2. The van der Waals surface area contributed by atoms with E-state index in [-0.39, 0.29) is 23.9 Å². The van der Waals surface area contributed by atoms with Crippen LogP contribution in [0.25, 0.3) is 10.9 Å². The van der Waals surface area contributed by atoms with Gasteiger partial charge in [0, 0.05) is 23.7 Å². The number of anilines is 2. The van der Waals surface area contributed by atoms with Gasteiger partial charge in [-0.2, -0.15) is 17.5 Å². The lowest BCUT2D eigenvalue weighted by Crippen LogP contribution is -2.38. The predicted octanol–water partition coefficient (Wildman–Crippen LogP) is 4.83. The van der Waals surface area contributed by atoms with E-state index in [0.29, 0.717) is 52.6 Å². The minimum atomic E-state index is -4.54. The Morgan fingerprint density at radius 2 is 1.90 bits per heavy atom. The van der Waals surface area contributed by atoms with Gasteiger partial charge in [0.1, 0.15) is 18.2 Å². The monoisotopic (exact) mass is 567 g/mol. The van der Waals surface area contributed by atoms with Gasteiger partial charge in [-0.1, -0.05) is 0 Å². The van der Waals surface area contributed by atoms with Gasteiger partial charge in [-0.05, 0) is 62.9 Å². The number of rotatable bonds is 8. The van der Waals surface area contributed by atoms with Crippen LogP contribution in [0.2, 0.25) is 0 Å². The van der Waals surface area contributed by atoms with Gasteiger partial charge in [0.2, 0.25) is 10.0 Å². The smallest absolute Gasteiger partial charge is 0.416 e. The van der Waals surface area contributed by atoms with E-state index in [1.165, 1.54) is 30.7 Å². The van der Waals surface area contributed by atoms with E-state index < -0.39 is 27.8 Å². The fraction of sp³-hybridized carbons (Fsp3) is 0.462. The number of sulfonamides is 1. The van der Waals surface area contributed by atoms with E-state index in [1.807, 2.05) is 0 Å². The van der Waals surface area contributed by atoms with Crippen molar-refractivity contribution < 1.29 is 31.1 Å². The number of aryl methyl sites for hydroxylation is 1. The maximum absolute atomic E-state index is 13.6. The first-order valence-corrected chi connectivity index (χ1v) is 14.2. The molecule has 0 aliphatic carbocycles. The molecule has 3 N–H and O–H groups in total. The number of halogens is 3. The van der Waals surface area contributed by atoms with Crippen LogP contribution < -0.4 is 20.5 Å². The molecule has 0 spiro atoms. The highest BCUT2D eigenvalue weighted by atomic mass is 32.2. The Labute approximate surface area is 225 Å². The summed E-state index contributed by atoms with van der Waals surface area (Å²) in [5.74, 6) is 1.62. The first-order valence-electron chi connectivity index (χ1n) is 12.4. The number of fused-ring (bicyclic) bond motifs is 1. The summed E-state index contributed by atoms with van der Waals surface area (Å²) in [4.78, 5) is 8.99. The van der Waals surface area contributed by atoms with Crippen molar-refractivity contribution in [2.45, 2.75) is 51.9 Å². The number of ether oxygens (including phenoxy) is 2. The third kappa shape index (κ3) is 6.14. The zero-order chi connectivity index (χ0) is 28.7. The minimum absolute atomic E-state index is 0.00998. The summed E-state index contributed by atoms with van der Waals surface area (Å²) in [6, 6.07) is 4.94. The van der Waals surface area contributed by atoms with E-state index in [0.717, 1.165) is 12.5 Å². The van der Waals surface area contributed by atoms with Crippen molar-refractivity contribution in [3.63, 3.8) is 0 Å². The summed E-state index contributed by atoms with van der Waals surface area (Å²) in [7, 11) is -1.88. The highest BCUT2D eigenvalue weighted by molar-refractivity contribution is 7.88. The number of nitrogens with one attached hydrogen (secondary N) is 1. The van der Waals surface area contributed by atoms with E-state index in [4.69, 9.17) is 15.2 Å². The van der Waals surface area contributed by atoms with Crippen molar-refractivity contribution in [2.75, 3.05) is 37.6 Å². The number of nitrogen functional groups attached to an aromatic ring is 1. The molecule has 1 fully saturated rings. The van der Waals surface area contributed by atoms with Crippen LogP contribution in [0.4, 0.5) is 24.7 Å². The lowest BCUT2D eigenvalue weighted by molar-refractivity contribution is -0.138. The van der Waals surface area contributed by atoms with Crippen LogP contribution in [0.1, 0.15) is 48.3 Å². The lowest BCUT2D eigenvalue weighted by Gasteiger charge is -2.23. The molecule has 3 aromatic rings. The number of hydrogen-bond acceptors (Lipinski definition) is 8. The summed E-state index contributed by atoms with van der Waals surface area (Å²) >= 11 is 0. The minimum Gasteiger partial charge on any atom is -0.493 e. The fourth-order valence-corrected chi connectivity index (χ4v) is 6.19. The number of benzene rings is 2. The van der Waals surface area contributed by atoms with Gasteiger partial charge in [0.15, 0.2) is 11.5 Å². The van der Waals surface area contributed by atoms with Gasteiger partial charge in [-0.3, -0.25) is 0 Å². The maximum atomic E-state index is 13.6. The molecule has 1 aliphatic rings. The standard InChI is InChI=1S/C26H32F3N5O4S/c1-14-19(9-17(30)10-21(14)26(27,28)29)15(2)31-25-20-11-24(23(37-4)12-22(20)32-16(3)33-25)38-13-18-7-6-8-34(18)39(5,35)36/h9-12,15,18H,6-8,13,30H2,1-5H3,(H,31,32,33)/t15-,18+/m1/s1. The molecule has 0 unspecified atom stereocenters. The molecule has 1 aliphatic heterocycles. The van der Waals surface area contributed by atoms with E-state index in [2.05, 4.69) is 15.3 Å². The van der Waals surface area contributed by atoms with Gasteiger partial charge in [-0.15, -0.1) is 0 Å². The van der Waals surface area contributed by atoms with Crippen molar-refractivity contribution in [1.82, 2.24) is 14.3 Å². The quantitative estimate of drug-likeness (QED) is 0.372. The topological polar surface area (TPSA) is 120 Å². The van der Waals surface area contributed by atoms with Crippen LogP contribution in [-0.2, 0) is 16.2 Å². The van der Waals surface area contributed by atoms with Gasteiger partial charge in [0.05, 0.1) is 36.5 Å². The molecule has 0 radical (unpaired) electrons. The molecule has 1 saturated heterocycles. The highest BCUT2D eigenvalue weighted by Gasteiger charge is 2.34. The summed E-state index contributed by atoms with van der Waals surface area (Å²) < 4.78 is 78.0. The molecule has 13 heteroatoms. The average molecular weight is 568 g/mol. The van der Waals surface area contributed by atoms with E-state index >= 15 is 0 Å². The molecule has 2 heterocycles. The third-order valence-corrected chi connectivity index (χ3v) is 8.20. The fourth-order valence-electron chi connectivity index (χ4n) is 5.02. The van der Waals surface area contributed by atoms with Crippen LogP contribution in [-0.4, -0.2) is 55.3 Å². The number of methoxy groups -OCH3 is 1. The SMILES string of the molecule is COc1cc2nc(C)nc(N[C@H](C)c3cc(N)cc(C(F)(F)F)c3C)c2cc1OC[C@@H]1CCCN1S(C)(=O)=O. The van der Waals surface area contributed by atoms with Crippen LogP contribution in [0.5, 0.6) is 11.5 Å². The third-order valence-electron chi connectivity index (χ3n) is 6.87. The second-order valence-corrected chi connectivity index (χ2v) is 11.7. The molecule has 2 aromatic carbocycles. The van der Waals surface area contributed by atoms with Crippen molar-refractivity contribution in [1.29, 1.82) is 0 Å². The Morgan fingerprint density at radius 3 is 2.54 bits per heavy atom. The first-order chi connectivity index (χ1) is 18.2. The molecule has 39 heavy (non-hydrogen) atoms. The summed E-state index contributed by atoms with van der Waals surface area (Å²) in [5.41, 5.74) is 6.05. The lowest BCUT2D eigenvalue weighted by atomic mass is 9.96. The van der Waals surface area contributed by atoms with Crippen molar-refractivity contribution >= 4 is 32.4 Å². The number of hydrogen-bond donors (Lipinski definition) is 2. The molecule has 0 bridgehead atoms. The van der Waals surface area contributed by atoms with Gasteiger partial charge in [0.25, 0.3) is 0 Å². The average Bonchev–Trinajstić information content (AvgIpc) is 3.32. The Morgan fingerprint density at radius 1 is 1.18 bits per heavy atom. The molecule has 4 rings (SSSR count). The van der Waals surface area contributed by atoms with Gasteiger partial charge < -0.3 is 20.5 Å². The summed E-state index contributed by atoms with van der Waals surface area (Å²) in [6.07, 6.45) is -1.94. The number of aromatic nitrogens is 2. The number of nitrogens with two attached hydrogens (primary N) is 1.